The van der Waals surface area contributed by atoms with Crippen LogP contribution in [0.2, 0.25) is 0 Å². The van der Waals surface area contributed by atoms with Crippen LogP contribution in [0.3, 0.4) is 0 Å². The Bertz CT molecular complexity index is 514. The van der Waals surface area contributed by atoms with E-state index in [1.807, 2.05) is 12.1 Å². The van der Waals surface area contributed by atoms with Crippen LogP contribution in [0.1, 0.15) is 23.7 Å². The van der Waals surface area contributed by atoms with Gasteiger partial charge in [0.05, 0.1) is 6.10 Å². The third-order valence-electron chi connectivity index (χ3n) is 3.77. The Morgan fingerprint density at radius 2 is 1.79 bits per heavy atom. The van der Waals surface area contributed by atoms with E-state index in [4.69, 9.17) is 15.9 Å². The lowest BCUT2D eigenvalue weighted by Crippen LogP contribution is -2.62. The molecule has 19 heavy (non-hydrogen) atoms. The molecule has 6 heteroatoms. The van der Waals surface area contributed by atoms with E-state index in [-0.39, 0.29) is 6.42 Å². The lowest BCUT2D eigenvalue weighted by Gasteiger charge is -2.37. The molecular formula is C13H15NO5. The van der Waals surface area contributed by atoms with E-state index in [9.17, 15) is 14.7 Å². The van der Waals surface area contributed by atoms with Crippen molar-refractivity contribution in [3.63, 3.8) is 0 Å². The molecule has 6 nitrogen and oxygen atoms in total. The molecule has 1 aliphatic carbocycles. The van der Waals surface area contributed by atoms with Gasteiger partial charge in [0.15, 0.2) is 0 Å². The standard InChI is InChI=1S/C13H15NO5/c14-13(11(16)17,12(18)19)9-6-5-7-3-1-2-4-8(7)10(9)15/h1-4,9-10,15H,5-6,14H2,(H,16,17)(H,18,19). The number of rotatable bonds is 3. The van der Waals surface area contributed by atoms with Crippen LogP contribution in [0.5, 0.6) is 0 Å². The number of aliphatic hydroxyl groups is 1. The molecule has 0 amide bonds. The lowest BCUT2D eigenvalue weighted by molar-refractivity contribution is -0.163. The minimum absolute atomic E-state index is 0.216. The van der Waals surface area contributed by atoms with Crippen molar-refractivity contribution in [3.8, 4) is 0 Å². The number of aryl methyl sites for hydroxylation is 1. The van der Waals surface area contributed by atoms with Crippen LogP contribution >= 0.6 is 0 Å². The van der Waals surface area contributed by atoms with Gasteiger partial charge in [0.25, 0.3) is 0 Å². The van der Waals surface area contributed by atoms with E-state index in [2.05, 4.69) is 0 Å². The van der Waals surface area contributed by atoms with Gasteiger partial charge >= 0.3 is 11.9 Å². The third kappa shape index (κ3) is 1.98. The van der Waals surface area contributed by atoms with Gasteiger partial charge in [0.1, 0.15) is 0 Å². The zero-order valence-electron chi connectivity index (χ0n) is 10.1. The minimum Gasteiger partial charge on any atom is -0.479 e. The molecular weight excluding hydrogens is 250 g/mol. The number of fused-ring (bicyclic) bond motifs is 1. The molecule has 102 valence electrons. The van der Waals surface area contributed by atoms with Gasteiger partial charge in [-0.1, -0.05) is 24.3 Å². The molecule has 1 aliphatic rings. The van der Waals surface area contributed by atoms with Gasteiger partial charge in [-0.25, -0.2) is 9.59 Å². The maximum Gasteiger partial charge on any atom is 0.335 e. The minimum atomic E-state index is -2.48. The highest BCUT2D eigenvalue weighted by molar-refractivity contribution is 6.03. The van der Waals surface area contributed by atoms with Gasteiger partial charge in [-0.3, -0.25) is 0 Å². The second-order valence-corrected chi connectivity index (χ2v) is 4.77. The summed E-state index contributed by atoms with van der Waals surface area (Å²) >= 11 is 0. The molecule has 0 spiro atoms. The number of hydrogen-bond acceptors (Lipinski definition) is 4. The first-order valence-corrected chi connectivity index (χ1v) is 5.90. The molecule has 0 fully saturated rings. The Hall–Kier alpha value is -1.92. The smallest absolute Gasteiger partial charge is 0.335 e. The molecule has 1 aromatic rings. The monoisotopic (exact) mass is 265 g/mol. The predicted molar refractivity (Wildman–Crippen MR) is 65.4 cm³/mol. The maximum atomic E-state index is 11.2. The molecule has 5 N–H and O–H groups in total. The number of aliphatic hydroxyl groups excluding tert-OH is 1. The van der Waals surface area contributed by atoms with Gasteiger partial charge in [0, 0.05) is 5.92 Å². The van der Waals surface area contributed by atoms with Gasteiger partial charge in [-0.05, 0) is 24.0 Å². The first-order valence-electron chi connectivity index (χ1n) is 5.90. The van der Waals surface area contributed by atoms with Crippen molar-refractivity contribution >= 4 is 11.9 Å². The van der Waals surface area contributed by atoms with E-state index in [1.54, 1.807) is 12.1 Å². The second kappa shape index (κ2) is 4.64. The van der Waals surface area contributed by atoms with Crippen molar-refractivity contribution < 1.29 is 24.9 Å². The fourth-order valence-electron chi connectivity index (χ4n) is 2.62. The predicted octanol–water partition coefficient (Wildman–Crippen LogP) is 0.149. The molecule has 0 aliphatic heterocycles. The van der Waals surface area contributed by atoms with Crippen LogP contribution in [0.25, 0.3) is 0 Å². The van der Waals surface area contributed by atoms with E-state index in [0.29, 0.717) is 12.0 Å². The Morgan fingerprint density at radius 3 is 2.37 bits per heavy atom. The molecule has 2 rings (SSSR count). The summed E-state index contributed by atoms with van der Waals surface area (Å²) in [7, 11) is 0. The summed E-state index contributed by atoms with van der Waals surface area (Å²) in [4.78, 5) is 22.4. The Kier molecular flexibility index (Phi) is 3.30. The number of hydrogen-bond donors (Lipinski definition) is 4. The summed E-state index contributed by atoms with van der Waals surface area (Å²) in [5, 5.41) is 28.5. The topological polar surface area (TPSA) is 121 Å². The van der Waals surface area contributed by atoms with Crippen LogP contribution in [0.15, 0.2) is 24.3 Å². The van der Waals surface area contributed by atoms with Crippen LogP contribution in [0, 0.1) is 5.92 Å². The first-order chi connectivity index (χ1) is 8.89. The van der Waals surface area contributed by atoms with Crippen molar-refractivity contribution in [3.05, 3.63) is 35.4 Å². The summed E-state index contributed by atoms with van der Waals surface area (Å²) in [6, 6.07) is 7.02. The van der Waals surface area contributed by atoms with Gasteiger partial charge < -0.3 is 21.1 Å². The van der Waals surface area contributed by atoms with Crippen LogP contribution in [0.4, 0.5) is 0 Å². The molecule has 0 aromatic heterocycles. The third-order valence-corrected chi connectivity index (χ3v) is 3.77. The highest BCUT2D eigenvalue weighted by Gasteiger charge is 2.53. The maximum absolute atomic E-state index is 11.2. The SMILES string of the molecule is NC(C(=O)O)(C(=O)O)C1CCc2ccccc2C1O. The van der Waals surface area contributed by atoms with Crippen LogP contribution in [-0.4, -0.2) is 32.8 Å². The number of nitrogens with two attached hydrogens (primary N) is 1. The van der Waals surface area contributed by atoms with Crippen molar-refractivity contribution in [1.29, 1.82) is 0 Å². The number of carbonyl (C=O) groups is 2. The van der Waals surface area contributed by atoms with E-state index in [1.165, 1.54) is 0 Å². The number of carboxylic acid groups (broad SMARTS) is 2. The average Bonchev–Trinajstić information content (AvgIpc) is 2.38. The summed E-state index contributed by atoms with van der Waals surface area (Å²) < 4.78 is 0. The largest absolute Gasteiger partial charge is 0.479 e. The van der Waals surface area contributed by atoms with Crippen molar-refractivity contribution in [2.24, 2.45) is 11.7 Å². The number of carboxylic acids is 2. The quantitative estimate of drug-likeness (QED) is 0.577. The first kappa shape index (κ1) is 13.5. The second-order valence-electron chi connectivity index (χ2n) is 4.77. The summed E-state index contributed by atoms with van der Waals surface area (Å²) in [5.74, 6) is -4.33. The zero-order chi connectivity index (χ0) is 14.2. The van der Waals surface area contributed by atoms with E-state index in [0.717, 1.165) is 5.56 Å². The van der Waals surface area contributed by atoms with Gasteiger partial charge in [0.2, 0.25) is 5.54 Å². The number of aliphatic carboxylic acids is 2. The highest BCUT2D eigenvalue weighted by atomic mass is 16.4. The fraction of sp³-hybridized carbons (Fsp3) is 0.385. The normalized spacial score (nSPS) is 22.6. The van der Waals surface area contributed by atoms with Crippen molar-refractivity contribution in [2.75, 3.05) is 0 Å². The summed E-state index contributed by atoms with van der Waals surface area (Å²) in [6.45, 7) is 0. The molecule has 0 saturated heterocycles. The van der Waals surface area contributed by atoms with Gasteiger partial charge in [-0.15, -0.1) is 0 Å². The molecule has 0 heterocycles. The van der Waals surface area contributed by atoms with Crippen LogP contribution < -0.4 is 5.73 Å². The summed E-state index contributed by atoms with van der Waals surface area (Å²) in [6.07, 6.45) is -0.479. The lowest BCUT2D eigenvalue weighted by atomic mass is 9.71. The molecule has 0 radical (unpaired) electrons. The van der Waals surface area contributed by atoms with E-state index >= 15 is 0 Å². The zero-order valence-corrected chi connectivity index (χ0v) is 10.1. The Morgan fingerprint density at radius 1 is 1.21 bits per heavy atom. The molecule has 2 unspecified atom stereocenters. The number of benzene rings is 1. The summed E-state index contributed by atoms with van der Waals surface area (Å²) in [5.41, 5.74) is 4.51. The molecule has 0 bridgehead atoms. The van der Waals surface area contributed by atoms with Gasteiger partial charge in [-0.2, -0.15) is 0 Å². The Labute approximate surface area is 109 Å². The highest BCUT2D eigenvalue weighted by Crippen LogP contribution is 2.39. The van der Waals surface area contributed by atoms with Crippen molar-refractivity contribution in [2.45, 2.75) is 24.5 Å². The molecule has 1 aromatic carbocycles. The molecule has 0 saturated carbocycles. The molecule has 2 atom stereocenters. The fourth-order valence-corrected chi connectivity index (χ4v) is 2.62. The van der Waals surface area contributed by atoms with E-state index < -0.39 is 29.5 Å². The Balaban J connectivity index is 2.44. The average molecular weight is 265 g/mol. The van der Waals surface area contributed by atoms with Crippen LogP contribution in [-0.2, 0) is 16.0 Å². The van der Waals surface area contributed by atoms with Crippen molar-refractivity contribution in [1.82, 2.24) is 0 Å².